The summed E-state index contributed by atoms with van der Waals surface area (Å²) in [5.74, 6) is 2.71. The number of likely N-dealkylation sites (N-methyl/N-ethyl adjacent to an activating group) is 1. The average Bonchev–Trinajstić information content (AvgIpc) is 2.59. The van der Waals surface area contributed by atoms with Gasteiger partial charge in [-0.25, -0.2) is 0 Å². The number of hydrogen-bond donors (Lipinski definition) is 0. The molecular weight excluding hydrogens is 176 g/mol. The topological polar surface area (TPSA) is 33.4 Å². The van der Waals surface area contributed by atoms with Crippen LogP contribution < -0.4 is 4.90 Å². The molecule has 0 amide bonds. The lowest BCUT2D eigenvalue weighted by Gasteiger charge is -2.28. The van der Waals surface area contributed by atoms with Crippen LogP contribution in [0.2, 0.25) is 0 Å². The predicted octanol–water partition coefficient (Wildman–Crippen LogP) is 1.28. The Morgan fingerprint density at radius 2 is 2.21 bits per heavy atom. The third-order valence-electron chi connectivity index (χ3n) is 2.81. The summed E-state index contributed by atoms with van der Waals surface area (Å²) in [6, 6.07) is 6.12. The van der Waals surface area contributed by atoms with E-state index in [0.717, 1.165) is 18.0 Å². The van der Waals surface area contributed by atoms with E-state index in [1.54, 1.807) is 0 Å². The average molecular weight is 188 g/mol. The van der Waals surface area contributed by atoms with Gasteiger partial charge in [0.05, 0.1) is 0 Å². The lowest BCUT2D eigenvalue weighted by molar-refractivity contribution is 0.636. The maximum absolute atomic E-state index is 4.23. The first-order valence-corrected chi connectivity index (χ1v) is 4.82. The molecule has 0 N–H and O–H groups in total. The van der Waals surface area contributed by atoms with Crippen molar-refractivity contribution >= 4 is 11.5 Å². The summed E-state index contributed by atoms with van der Waals surface area (Å²) in [7, 11) is 2.11. The second-order valence-corrected chi connectivity index (χ2v) is 3.92. The molecule has 4 nitrogen and oxygen atoms in total. The van der Waals surface area contributed by atoms with Crippen LogP contribution in [0.1, 0.15) is 18.7 Å². The SMILES string of the molecule is CC1CN(C)c2cccc3nnc1n23. The van der Waals surface area contributed by atoms with Crippen molar-refractivity contribution in [1.82, 2.24) is 14.6 Å². The van der Waals surface area contributed by atoms with E-state index in [1.807, 2.05) is 12.1 Å². The van der Waals surface area contributed by atoms with Crippen molar-refractivity contribution in [3.8, 4) is 0 Å². The Morgan fingerprint density at radius 1 is 1.36 bits per heavy atom. The predicted molar refractivity (Wildman–Crippen MR) is 54.7 cm³/mol. The smallest absolute Gasteiger partial charge is 0.162 e. The first-order valence-electron chi connectivity index (χ1n) is 4.82. The first-order chi connectivity index (χ1) is 6.77. The van der Waals surface area contributed by atoms with E-state index >= 15 is 0 Å². The van der Waals surface area contributed by atoms with E-state index in [9.17, 15) is 0 Å². The van der Waals surface area contributed by atoms with Gasteiger partial charge in [-0.15, -0.1) is 10.2 Å². The molecule has 0 fully saturated rings. The van der Waals surface area contributed by atoms with E-state index in [4.69, 9.17) is 0 Å². The van der Waals surface area contributed by atoms with Crippen molar-refractivity contribution in [3.05, 3.63) is 24.0 Å². The van der Waals surface area contributed by atoms with Crippen molar-refractivity contribution in [2.45, 2.75) is 12.8 Å². The Hall–Kier alpha value is -1.58. The molecule has 0 saturated carbocycles. The summed E-state index contributed by atoms with van der Waals surface area (Å²) in [4.78, 5) is 2.24. The Balaban J connectivity index is 2.43. The summed E-state index contributed by atoms with van der Waals surface area (Å²) in [5.41, 5.74) is 0.941. The highest BCUT2D eigenvalue weighted by atomic mass is 15.3. The van der Waals surface area contributed by atoms with Gasteiger partial charge >= 0.3 is 0 Å². The normalized spacial score (nSPS) is 20.4. The summed E-state index contributed by atoms with van der Waals surface area (Å²) in [6.07, 6.45) is 0. The second kappa shape index (κ2) is 2.47. The molecule has 3 rings (SSSR count). The molecule has 4 heteroatoms. The van der Waals surface area contributed by atoms with Gasteiger partial charge in [0.15, 0.2) is 5.65 Å². The Kier molecular flexibility index (Phi) is 1.37. The number of pyridine rings is 1. The molecule has 0 radical (unpaired) electrons. The van der Waals surface area contributed by atoms with Gasteiger partial charge in [0, 0.05) is 19.5 Å². The summed E-state index contributed by atoms with van der Waals surface area (Å²) in [6.45, 7) is 3.20. The standard InChI is InChI=1S/C10H12N4/c1-7-6-13(2)9-5-3-4-8-11-12-10(7)14(8)9/h3-5,7H,6H2,1-2H3. The Morgan fingerprint density at radius 3 is 3.07 bits per heavy atom. The zero-order valence-electron chi connectivity index (χ0n) is 8.31. The van der Waals surface area contributed by atoms with Gasteiger partial charge in [-0.05, 0) is 12.1 Å². The van der Waals surface area contributed by atoms with Crippen LogP contribution in [0.5, 0.6) is 0 Å². The summed E-state index contributed by atoms with van der Waals surface area (Å²) >= 11 is 0. The van der Waals surface area contributed by atoms with E-state index in [0.29, 0.717) is 5.92 Å². The first kappa shape index (κ1) is 7.79. The lowest BCUT2D eigenvalue weighted by Crippen LogP contribution is -2.30. The fourth-order valence-corrected chi connectivity index (χ4v) is 2.15. The van der Waals surface area contributed by atoms with Crippen molar-refractivity contribution in [3.63, 3.8) is 0 Å². The Labute approximate surface area is 82.2 Å². The van der Waals surface area contributed by atoms with Crippen LogP contribution in [0.3, 0.4) is 0 Å². The van der Waals surface area contributed by atoms with Crippen molar-refractivity contribution in [2.75, 3.05) is 18.5 Å². The van der Waals surface area contributed by atoms with Crippen LogP contribution in [0, 0.1) is 0 Å². The van der Waals surface area contributed by atoms with Gasteiger partial charge in [-0.3, -0.25) is 4.40 Å². The van der Waals surface area contributed by atoms with Crippen LogP contribution in [0.4, 0.5) is 5.82 Å². The van der Waals surface area contributed by atoms with E-state index in [1.165, 1.54) is 5.82 Å². The van der Waals surface area contributed by atoms with Gasteiger partial charge in [0.1, 0.15) is 11.6 Å². The molecule has 72 valence electrons. The maximum Gasteiger partial charge on any atom is 0.162 e. The van der Waals surface area contributed by atoms with Crippen LogP contribution in [-0.2, 0) is 0 Å². The molecule has 1 atom stereocenters. The molecule has 1 aliphatic heterocycles. The molecule has 14 heavy (non-hydrogen) atoms. The Bertz CT molecular complexity index is 488. The van der Waals surface area contributed by atoms with Gasteiger partial charge in [-0.2, -0.15) is 0 Å². The van der Waals surface area contributed by atoms with Crippen LogP contribution in [0.25, 0.3) is 5.65 Å². The molecule has 1 aliphatic rings. The van der Waals surface area contributed by atoms with Crippen molar-refractivity contribution in [1.29, 1.82) is 0 Å². The molecule has 0 spiro atoms. The van der Waals surface area contributed by atoms with E-state index < -0.39 is 0 Å². The van der Waals surface area contributed by atoms with E-state index in [-0.39, 0.29) is 0 Å². The third kappa shape index (κ3) is 0.828. The number of hydrogen-bond acceptors (Lipinski definition) is 3. The molecule has 0 aromatic carbocycles. The fourth-order valence-electron chi connectivity index (χ4n) is 2.15. The molecule has 1 unspecified atom stereocenters. The largest absolute Gasteiger partial charge is 0.360 e. The third-order valence-corrected chi connectivity index (χ3v) is 2.81. The van der Waals surface area contributed by atoms with Crippen molar-refractivity contribution < 1.29 is 0 Å². The summed E-state index contributed by atoms with van der Waals surface area (Å²) in [5, 5.41) is 8.39. The lowest BCUT2D eigenvalue weighted by atomic mass is 10.1. The second-order valence-electron chi connectivity index (χ2n) is 3.92. The molecule has 0 aliphatic carbocycles. The van der Waals surface area contributed by atoms with Crippen molar-refractivity contribution in [2.24, 2.45) is 0 Å². The fraction of sp³-hybridized carbons (Fsp3) is 0.400. The minimum absolute atomic E-state index is 0.449. The monoisotopic (exact) mass is 188 g/mol. The molecule has 2 aromatic rings. The van der Waals surface area contributed by atoms with Gasteiger partial charge in [-0.1, -0.05) is 13.0 Å². The number of nitrogens with zero attached hydrogens (tertiary/aromatic N) is 4. The highest BCUT2D eigenvalue weighted by molar-refractivity contribution is 5.53. The molecule has 0 saturated heterocycles. The number of aromatic nitrogens is 3. The van der Waals surface area contributed by atoms with E-state index in [2.05, 4.69) is 39.5 Å². The minimum atomic E-state index is 0.449. The minimum Gasteiger partial charge on any atom is -0.360 e. The number of anilines is 1. The van der Waals surface area contributed by atoms with Crippen LogP contribution in [-0.4, -0.2) is 28.2 Å². The van der Waals surface area contributed by atoms with Gasteiger partial charge < -0.3 is 4.90 Å². The summed E-state index contributed by atoms with van der Waals surface area (Å²) < 4.78 is 2.13. The number of rotatable bonds is 0. The van der Waals surface area contributed by atoms with Gasteiger partial charge in [0.25, 0.3) is 0 Å². The van der Waals surface area contributed by atoms with Crippen LogP contribution in [0.15, 0.2) is 18.2 Å². The van der Waals surface area contributed by atoms with Crippen LogP contribution >= 0.6 is 0 Å². The maximum atomic E-state index is 4.23. The molecule has 2 aromatic heterocycles. The highest BCUT2D eigenvalue weighted by Gasteiger charge is 2.23. The molecular formula is C10H12N4. The molecule has 3 heterocycles. The zero-order valence-corrected chi connectivity index (χ0v) is 8.31. The van der Waals surface area contributed by atoms with Gasteiger partial charge in [0.2, 0.25) is 0 Å². The quantitative estimate of drug-likeness (QED) is 0.624. The zero-order chi connectivity index (χ0) is 9.71. The highest BCUT2D eigenvalue weighted by Crippen LogP contribution is 2.27. The molecule has 0 bridgehead atoms.